The van der Waals surface area contributed by atoms with E-state index < -0.39 is 6.10 Å². The zero-order valence-corrected chi connectivity index (χ0v) is 15.5. The molecular weight excluding hydrogens is 343 g/mol. The third-order valence-corrected chi connectivity index (χ3v) is 5.11. The molecule has 0 saturated carbocycles. The van der Waals surface area contributed by atoms with Gasteiger partial charge in [-0.15, -0.1) is 0 Å². The van der Waals surface area contributed by atoms with Gasteiger partial charge in [-0.1, -0.05) is 30.1 Å². The van der Waals surface area contributed by atoms with Crippen molar-refractivity contribution in [2.24, 2.45) is 0 Å². The summed E-state index contributed by atoms with van der Waals surface area (Å²) in [6, 6.07) is 12.2. The molecule has 3 aromatic rings. The van der Waals surface area contributed by atoms with Crippen molar-refractivity contribution in [2.75, 3.05) is 6.54 Å². The number of aromatic nitrogens is 1. The number of rotatable bonds is 6. The number of benzene rings is 2. The normalized spacial score (nSPS) is 14.4. The monoisotopic (exact) mass is 365 g/mol. The number of hydrogen-bond acceptors (Lipinski definition) is 1. The number of aliphatic hydroxyl groups excluding tert-OH is 1. The van der Waals surface area contributed by atoms with Crippen LogP contribution < -0.4 is 5.32 Å². The van der Waals surface area contributed by atoms with E-state index in [0.29, 0.717) is 29.2 Å². The number of nitrogens with two attached hydrogens (primary N) is 1. The van der Waals surface area contributed by atoms with E-state index >= 15 is 0 Å². The zero-order chi connectivity index (χ0) is 17.3. The largest absolute Gasteiger partial charge is 0.385 e. The quantitative estimate of drug-likeness (QED) is 0.684. The van der Waals surface area contributed by atoms with Gasteiger partial charge in [-0.25, -0.2) is 0 Å². The second-order valence-electron chi connectivity index (χ2n) is 6.44. The first kappa shape index (κ1) is 17.6. The van der Waals surface area contributed by atoms with Gasteiger partial charge in [0.15, 0.2) is 0 Å². The molecule has 3 rings (SSSR count). The maximum Gasteiger partial charge on any atom is 0.121 e. The van der Waals surface area contributed by atoms with Gasteiger partial charge in [-0.05, 0) is 49.7 Å². The predicted molar refractivity (Wildman–Crippen MR) is 102 cm³/mol. The molecular formula is C19H23Cl2N2O+. The van der Waals surface area contributed by atoms with Crippen molar-refractivity contribution in [3.63, 3.8) is 0 Å². The Morgan fingerprint density at radius 1 is 1.04 bits per heavy atom. The maximum atomic E-state index is 10.5. The molecule has 5 heteroatoms. The number of hydrogen-bond donors (Lipinski definition) is 2. The Hall–Kier alpha value is -1.26. The molecule has 0 saturated heterocycles. The van der Waals surface area contributed by atoms with Gasteiger partial charge in [0, 0.05) is 31.9 Å². The van der Waals surface area contributed by atoms with Crippen molar-refractivity contribution in [2.45, 2.75) is 39.0 Å². The molecule has 24 heavy (non-hydrogen) atoms. The number of fused-ring (bicyclic) bond motifs is 3. The Balaban J connectivity index is 1.99. The van der Waals surface area contributed by atoms with E-state index in [9.17, 15) is 5.11 Å². The Morgan fingerprint density at radius 3 is 2.08 bits per heavy atom. The van der Waals surface area contributed by atoms with Crippen LogP contribution in [0.1, 0.15) is 20.3 Å². The van der Waals surface area contributed by atoms with Crippen LogP contribution in [0, 0.1) is 0 Å². The van der Waals surface area contributed by atoms with Gasteiger partial charge in [0.25, 0.3) is 0 Å². The van der Waals surface area contributed by atoms with E-state index in [0.717, 1.165) is 28.2 Å². The summed E-state index contributed by atoms with van der Waals surface area (Å²) in [5.74, 6) is 0. The molecule has 3 nitrogen and oxygen atoms in total. The van der Waals surface area contributed by atoms with Crippen LogP contribution in [0.3, 0.4) is 0 Å². The first-order valence-corrected chi connectivity index (χ1v) is 9.13. The number of halogens is 2. The van der Waals surface area contributed by atoms with Gasteiger partial charge in [0.2, 0.25) is 0 Å². The van der Waals surface area contributed by atoms with Crippen molar-refractivity contribution >= 4 is 45.0 Å². The van der Waals surface area contributed by atoms with Gasteiger partial charge < -0.3 is 15.0 Å². The highest BCUT2D eigenvalue weighted by Crippen LogP contribution is 2.32. The highest BCUT2D eigenvalue weighted by Gasteiger charge is 2.16. The Kier molecular flexibility index (Phi) is 5.36. The molecule has 0 radical (unpaired) electrons. The lowest BCUT2D eigenvalue weighted by Crippen LogP contribution is -2.91. The van der Waals surface area contributed by atoms with E-state index in [1.165, 1.54) is 0 Å². The number of aliphatic hydroxyl groups is 1. The molecule has 2 aromatic carbocycles. The number of nitrogens with zero attached hydrogens (tertiary/aromatic N) is 1. The minimum absolute atomic E-state index is 0.413. The minimum Gasteiger partial charge on any atom is -0.385 e. The molecule has 128 valence electrons. The third-order valence-electron chi connectivity index (χ3n) is 4.64. The Labute approximate surface area is 152 Å². The third kappa shape index (κ3) is 3.55. The fourth-order valence-electron chi connectivity index (χ4n) is 3.09. The van der Waals surface area contributed by atoms with Gasteiger partial charge in [0.1, 0.15) is 12.6 Å². The summed E-state index contributed by atoms with van der Waals surface area (Å²) in [6.45, 7) is 5.58. The lowest BCUT2D eigenvalue weighted by Gasteiger charge is -2.15. The fraction of sp³-hybridized carbons (Fsp3) is 0.368. The molecule has 0 spiro atoms. The average Bonchev–Trinajstić information content (AvgIpc) is 2.85. The summed E-state index contributed by atoms with van der Waals surface area (Å²) in [4.78, 5) is 0. The molecule has 0 amide bonds. The maximum absolute atomic E-state index is 10.5. The first-order chi connectivity index (χ1) is 11.5. The summed E-state index contributed by atoms with van der Waals surface area (Å²) in [5, 5.41) is 16.2. The summed E-state index contributed by atoms with van der Waals surface area (Å²) in [7, 11) is 0. The molecule has 0 bridgehead atoms. The van der Waals surface area contributed by atoms with Crippen LogP contribution >= 0.6 is 23.2 Å². The van der Waals surface area contributed by atoms with Crippen molar-refractivity contribution in [1.29, 1.82) is 0 Å². The van der Waals surface area contributed by atoms with Crippen LogP contribution in [0.5, 0.6) is 0 Å². The van der Waals surface area contributed by atoms with Crippen LogP contribution in [0.4, 0.5) is 0 Å². The summed E-state index contributed by atoms with van der Waals surface area (Å²) >= 11 is 12.4. The van der Waals surface area contributed by atoms with Crippen LogP contribution in [-0.2, 0) is 6.54 Å². The second-order valence-corrected chi connectivity index (χ2v) is 7.32. The summed E-state index contributed by atoms with van der Waals surface area (Å²) in [6.07, 6.45) is 0.684. The standard InChI is InChI=1S/C19H22Cl2N2O/c1-3-12(2)22-10-15(24)11-23-18-6-4-13(20)8-16(18)17-9-14(21)5-7-19(17)23/h4-9,12,15,22,24H,3,10-11H2,1-2H3/p+1/t12-,15+/m0/s1. The smallest absolute Gasteiger partial charge is 0.121 e. The van der Waals surface area contributed by atoms with E-state index in [2.05, 4.69) is 23.7 Å². The molecule has 0 aliphatic heterocycles. The first-order valence-electron chi connectivity index (χ1n) is 8.38. The predicted octanol–water partition coefficient (Wildman–Crippen LogP) is 3.82. The van der Waals surface area contributed by atoms with E-state index in [-0.39, 0.29) is 0 Å². The van der Waals surface area contributed by atoms with Crippen molar-refractivity contribution in [3.05, 3.63) is 46.4 Å². The molecule has 2 atom stereocenters. The van der Waals surface area contributed by atoms with Crippen molar-refractivity contribution < 1.29 is 10.4 Å². The van der Waals surface area contributed by atoms with Gasteiger partial charge in [-0.2, -0.15) is 0 Å². The Morgan fingerprint density at radius 2 is 1.58 bits per heavy atom. The van der Waals surface area contributed by atoms with Gasteiger partial charge >= 0.3 is 0 Å². The molecule has 0 aliphatic rings. The van der Waals surface area contributed by atoms with Crippen molar-refractivity contribution in [3.8, 4) is 0 Å². The molecule has 0 fully saturated rings. The fourth-order valence-corrected chi connectivity index (χ4v) is 3.43. The SMILES string of the molecule is CC[C@H](C)[NH2+]C[C@@H](O)Cn1c2ccc(Cl)cc2c2cc(Cl)ccc21. The van der Waals surface area contributed by atoms with Gasteiger partial charge in [0.05, 0.1) is 12.6 Å². The second kappa shape index (κ2) is 7.32. The number of quaternary nitrogens is 1. The highest BCUT2D eigenvalue weighted by molar-refractivity contribution is 6.33. The van der Waals surface area contributed by atoms with Crippen LogP contribution in [0.25, 0.3) is 21.8 Å². The lowest BCUT2D eigenvalue weighted by atomic mass is 10.1. The summed E-state index contributed by atoms with van der Waals surface area (Å²) < 4.78 is 2.16. The Bertz CT molecular complexity index is 800. The van der Waals surface area contributed by atoms with E-state index in [4.69, 9.17) is 23.2 Å². The topological polar surface area (TPSA) is 41.8 Å². The van der Waals surface area contributed by atoms with E-state index in [1.54, 1.807) is 0 Å². The van der Waals surface area contributed by atoms with Gasteiger partial charge in [-0.3, -0.25) is 0 Å². The molecule has 0 aliphatic carbocycles. The van der Waals surface area contributed by atoms with Crippen LogP contribution in [0.15, 0.2) is 36.4 Å². The zero-order valence-electron chi connectivity index (χ0n) is 14.0. The molecule has 1 aromatic heterocycles. The van der Waals surface area contributed by atoms with E-state index in [1.807, 2.05) is 36.4 Å². The summed E-state index contributed by atoms with van der Waals surface area (Å²) in [5.41, 5.74) is 2.14. The average molecular weight is 366 g/mol. The van der Waals surface area contributed by atoms with Crippen LogP contribution in [-0.4, -0.2) is 28.4 Å². The molecule has 0 unspecified atom stereocenters. The minimum atomic E-state index is -0.413. The molecule has 3 N–H and O–H groups in total. The highest BCUT2D eigenvalue weighted by atomic mass is 35.5. The van der Waals surface area contributed by atoms with Crippen LogP contribution in [0.2, 0.25) is 10.0 Å². The lowest BCUT2D eigenvalue weighted by molar-refractivity contribution is -0.692. The molecule has 1 heterocycles. The van der Waals surface area contributed by atoms with Crippen molar-refractivity contribution in [1.82, 2.24) is 4.57 Å².